The van der Waals surface area contributed by atoms with E-state index in [0.717, 1.165) is 28.1 Å². The second kappa shape index (κ2) is 6.44. The molecule has 0 heterocycles. The van der Waals surface area contributed by atoms with Crippen LogP contribution in [0.15, 0.2) is 42.5 Å². The van der Waals surface area contributed by atoms with Gasteiger partial charge in [-0.1, -0.05) is 17.7 Å². The maximum Gasteiger partial charge on any atom is 0.167 e. The molecule has 0 saturated carbocycles. The number of ketones is 1. The summed E-state index contributed by atoms with van der Waals surface area (Å²) < 4.78 is 5.33. The van der Waals surface area contributed by atoms with Crippen LogP contribution in [0.1, 0.15) is 21.5 Å². The van der Waals surface area contributed by atoms with E-state index in [4.69, 9.17) is 4.74 Å². The molecule has 0 N–H and O–H groups in total. The Morgan fingerprint density at radius 3 is 2.33 bits per heavy atom. The number of methoxy groups -OCH3 is 1. The molecular weight excluding hydrogens is 262 g/mol. The van der Waals surface area contributed by atoms with Gasteiger partial charge in [0.25, 0.3) is 0 Å². The van der Waals surface area contributed by atoms with E-state index in [-0.39, 0.29) is 5.78 Å². The minimum absolute atomic E-state index is 0.101. The summed E-state index contributed by atoms with van der Waals surface area (Å²) in [7, 11) is 5.59. The molecule has 2 aromatic carbocycles. The van der Waals surface area contributed by atoms with Crippen LogP contribution in [-0.2, 0) is 6.42 Å². The zero-order valence-electron chi connectivity index (χ0n) is 13.0. The fourth-order valence-electron chi connectivity index (χ4n) is 2.27. The molecule has 0 bridgehead atoms. The van der Waals surface area contributed by atoms with Crippen LogP contribution in [0, 0.1) is 6.92 Å². The van der Waals surface area contributed by atoms with Gasteiger partial charge in [0, 0.05) is 37.3 Å². The fourth-order valence-corrected chi connectivity index (χ4v) is 2.27. The Bertz CT molecular complexity index is 630. The minimum Gasteiger partial charge on any atom is -0.496 e. The topological polar surface area (TPSA) is 29.5 Å². The molecule has 0 aliphatic heterocycles. The van der Waals surface area contributed by atoms with Gasteiger partial charge in [-0.05, 0) is 37.3 Å². The number of carbonyl (C=O) groups excluding carboxylic acids is 1. The SMILES string of the molecule is COc1ccc(C)cc1CC(=O)c1ccc(N(C)C)cc1. The zero-order valence-corrected chi connectivity index (χ0v) is 13.0. The summed E-state index contributed by atoms with van der Waals surface area (Å²) in [4.78, 5) is 14.4. The molecule has 2 rings (SSSR count). The Hall–Kier alpha value is -2.29. The summed E-state index contributed by atoms with van der Waals surface area (Å²) >= 11 is 0. The first-order valence-corrected chi connectivity index (χ1v) is 6.95. The first kappa shape index (κ1) is 15.1. The average Bonchev–Trinajstić information content (AvgIpc) is 2.47. The van der Waals surface area contributed by atoms with Gasteiger partial charge in [-0.25, -0.2) is 0 Å². The van der Waals surface area contributed by atoms with Crippen molar-refractivity contribution in [3.63, 3.8) is 0 Å². The Morgan fingerprint density at radius 1 is 1.10 bits per heavy atom. The number of anilines is 1. The van der Waals surface area contributed by atoms with Crippen molar-refractivity contribution in [2.45, 2.75) is 13.3 Å². The van der Waals surface area contributed by atoms with Crippen LogP contribution in [0.5, 0.6) is 5.75 Å². The number of Topliss-reactive ketones (excluding diaryl/α,β-unsaturated/α-hetero) is 1. The molecule has 3 nitrogen and oxygen atoms in total. The van der Waals surface area contributed by atoms with Crippen LogP contribution in [-0.4, -0.2) is 27.0 Å². The van der Waals surface area contributed by atoms with Crippen molar-refractivity contribution in [2.75, 3.05) is 26.1 Å². The molecule has 0 aliphatic carbocycles. The quantitative estimate of drug-likeness (QED) is 0.787. The van der Waals surface area contributed by atoms with Crippen molar-refractivity contribution < 1.29 is 9.53 Å². The number of rotatable bonds is 5. The van der Waals surface area contributed by atoms with Gasteiger partial charge >= 0.3 is 0 Å². The van der Waals surface area contributed by atoms with Gasteiger partial charge in [0.15, 0.2) is 5.78 Å². The lowest BCUT2D eigenvalue weighted by molar-refractivity contribution is 0.0992. The van der Waals surface area contributed by atoms with Gasteiger partial charge < -0.3 is 9.64 Å². The first-order chi connectivity index (χ1) is 10.0. The Kier molecular flexibility index (Phi) is 4.63. The van der Waals surface area contributed by atoms with Crippen LogP contribution in [0.25, 0.3) is 0 Å². The first-order valence-electron chi connectivity index (χ1n) is 6.95. The van der Waals surface area contributed by atoms with Crippen LogP contribution in [0.2, 0.25) is 0 Å². The fraction of sp³-hybridized carbons (Fsp3) is 0.278. The normalized spacial score (nSPS) is 10.3. The number of benzene rings is 2. The molecule has 21 heavy (non-hydrogen) atoms. The molecular formula is C18H21NO2. The monoisotopic (exact) mass is 283 g/mol. The van der Waals surface area contributed by atoms with E-state index in [1.807, 2.05) is 68.4 Å². The largest absolute Gasteiger partial charge is 0.496 e. The molecule has 110 valence electrons. The number of aryl methyl sites for hydroxylation is 1. The van der Waals surface area contributed by atoms with Crippen molar-refractivity contribution in [3.05, 3.63) is 59.2 Å². The minimum atomic E-state index is 0.101. The summed E-state index contributed by atoms with van der Waals surface area (Å²) in [5.74, 6) is 0.864. The van der Waals surface area contributed by atoms with E-state index in [9.17, 15) is 4.79 Å². The maximum atomic E-state index is 12.4. The van der Waals surface area contributed by atoms with E-state index in [0.29, 0.717) is 6.42 Å². The van der Waals surface area contributed by atoms with Crippen molar-refractivity contribution in [1.29, 1.82) is 0 Å². The zero-order chi connectivity index (χ0) is 15.4. The maximum absolute atomic E-state index is 12.4. The molecule has 0 fully saturated rings. The van der Waals surface area contributed by atoms with Gasteiger partial charge in [-0.2, -0.15) is 0 Å². The van der Waals surface area contributed by atoms with E-state index in [2.05, 4.69) is 0 Å². The highest BCUT2D eigenvalue weighted by molar-refractivity contribution is 5.98. The third kappa shape index (κ3) is 3.63. The lowest BCUT2D eigenvalue weighted by Crippen LogP contribution is -2.09. The van der Waals surface area contributed by atoms with Gasteiger partial charge in [0.2, 0.25) is 0 Å². The Balaban J connectivity index is 2.19. The van der Waals surface area contributed by atoms with Crippen LogP contribution in [0.3, 0.4) is 0 Å². The Labute approximate surface area is 126 Å². The number of ether oxygens (including phenoxy) is 1. The molecule has 0 saturated heterocycles. The summed E-state index contributed by atoms with van der Waals surface area (Å²) in [6.07, 6.45) is 0.353. The lowest BCUT2D eigenvalue weighted by Gasteiger charge is -2.13. The number of carbonyl (C=O) groups is 1. The molecule has 0 amide bonds. The van der Waals surface area contributed by atoms with Gasteiger partial charge in [0.05, 0.1) is 7.11 Å². The van der Waals surface area contributed by atoms with Crippen LogP contribution in [0.4, 0.5) is 5.69 Å². The van der Waals surface area contributed by atoms with E-state index >= 15 is 0 Å². The predicted octanol–water partition coefficient (Wildman–Crippen LogP) is 3.50. The summed E-state index contributed by atoms with van der Waals surface area (Å²) in [6.45, 7) is 2.01. The summed E-state index contributed by atoms with van der Waals surface area (Å²) in [5.41, 5.74) is 3.87. The second-order valence-corrected chi connectivity index (χ2v) is 5.36. The highest BCUT2D eigenvalue weighted by Gasteiger charge is 2.11. The molecule has 0 spiro atoms. The highest BCUT2D eigenvalue weighted by Crippen LogP contribution is 2.22. The molecule has 0 atom stereocenters. The van der Waals surface area contributed by atoms with Gasteiger partial charge in [-0.15, -0.1) is 0 Å². The molecule has 0 aromatic heterocycles. The third-order valence-corrected chi connectivity index (χ3v) is 3.49. The van der Waals surface area contributed by atoms with Crippen molar-refractivity contribution in [3.8, 4) is 5.75 Å². The van der Waals surface area contributed by atoms with Crippen molar-refractivity contribution >= 4 is 11.5 Å². The number of hydrogen-bond acceptors (Lipinski definition) is 3. The van der Waals surface area contributed by atoms with E-state index in [1.54, 1.807) is 7.11 Å². The van der Waals surface area contributed by atoms with Crippen molar-refractivity contribution in [2.24, 2.45) is 0 Å². The van der Waals surface area contributed by atoms with Crippen molar-refractivity contribution in [1.82, 2.24) is 0 Å². The molecule has 0 radical (unpaired) electrons. The predicted molar refractivity (Wildman–Crippen MR) is 86.5 cm³/mol. The van der Waals surface area contributed by atoms with Crippen LogP contribution < -0.4 is 9.64 Å². The molecule has 2 aromatic rings. The highest BCUT2D eigenvalue weighted by atomic mass is 16.5. The van der Waals surface area contributed by atoms with Gasteiger partial charge in [0.1, 0.15) is 5.75 Å². The molecule has 0 unspecified atom stereocenters. The summed E-state index contributed by atoms with van der Waals surface area (Å²) in [5, 5.41) is 0. The number of nitrogens with zero attached hydrogens (tertiary/aromatic N) is 1. The van der Waals surface area contributed by atoms with E-state index in [1.165, 1.54) is 0 Å². The van der Waals surface area contributed by atoms with Crippen LogP contribution >= 0.6 is 0 Å². The standard InChI is InChI=1S/C18H21NO2/c1-13-5-10-18(21-4)15(11-13)12-17(20)14-6-8-16(9-7-14)19(2)3/h5-11H,12H2,1-4H3. The van der Waals surface area contributed by atoms with Gasteiger partial charge in [-0.3, -0.25) is 4.79 Å². The Morgan fingerprint density at radius 2 is 1.76 bits per heavy atom. The smallest absolute Gasteiger partial charge is 0.167 e. The third-order valence-electron chi connectivity index (χ3n) is 3.49. The molecule has 0 aliphatic rings. The second-order valence-electron chi connectivity index (χ2n) is 5.36. The number of hydrogen-bond donors (Lipinski definition) is 0. The average molecular weight is 283 g/mol. The lowest BCUT2D eigenvalue weighted by atomic mass is 10.0. The van der Waals surface area contributed by atoms with E-state index < -0.39 is 0 Å². The summed E-state index contributed by atoms with van der Waals surface area (Å²) in [6, 6.07) is 13.6. The molecule has 3 heteroatoms.